The molecule has 1 aromatic carbocycles. The van der Waals surface area contributed by atoms with E-state index in [-0.39, 0.29) is 16.3 Å². The summed E-state index contributed by atoms with van der Waals surface area (Å²) in [5, 5.41) is 15.7. The molecule has 0 radical (unpaired) electrons. The largest absolute Gasteiger partial charge is 0.466 e. The molecule has 2 aromatic rings. The molecule has 3 rings (SSSR count). The molecule has 0 aliphatic carbocycles. The fraction of sp³-hybridized carbons (Fsp3) is 0.389. The van der Waals surface area contributed by atoms with Gasteiger partial charge in [-0.15, -0.1) is 0 Å². The van der Waals surface area contributed by atoms with Gasteiger partial charge in [-0.1, -0.05) is 0 Å². The third kappa shape index (κ3) is 3.92. The lowest BCUT2D eigenvalue weighted by atomic mass is 10.2. The van der Waals surface area contributed by atoms with Gasteiger partial charge >= 0.3 is 0 Å². The first-order valence-corrected chi connectivity index (χ1v) is 10.3. The smallest absolute Gasteiger partial charge is 0.295 e. The van der Waals surface area contributed by atoms with Crippen molar-refractivity contribution in [2.75, 3.05) is 18.5 Å². The van der Waals surface area contributed by atoms with Gasteiger partial charge in [0.2, 0.25) is 10.0 Å². The zero-order valence-electron chi connectivity index (χ0n) is 15.9. The third-order valence-corrected chi connectivity index (χ3v) is 6.54. The number of furan rings is 1. The van der Waals surface area contributed by atoms with Gasteiger partial charge < -0.3 is 4.42 Å². The van der Waals surface area contributed by atoms with Crippen molar-refractivity contribution in [3.05, 3.63) is 51.5 Å². The van der Waals surface area contributed by atoms with Gasteiger partial charge in [-0.2, -0.15) is 9.41 Å². The second-order valence-corrected chi connectivity index (χ2v) is 8.62. The molecule has 1 aromatic heterocycles. The first-order chi connectivity index (χ1) is 13.2. The highest BCUT2D eigenvalue weighted by Gasteiger charge is 2.29. The van der Waals surface area contributed by atoms with Gasteiger partial charge in [0.1, 0.15) is 17.2 Å². The van der Waals surface area contributed by atoms with E-state index in [1.54, 1.807) is 6.92 Å². The number of aryl methyl sites for hydroxylation is 2. The first-order valence-electron chi connectivity index (χ1n) is 8.86. The number of hydrogen-bond acceptors (Lipinski definition) is 7. The maximum Gasteiger partial charge on any atom is 0.295 e. The van der Waals surface area contributed by atoms with Crippen LogP contribution in [0.4, 0.5) is 11.4 Å². The van der Waals surface area contributed by atoms with E-state index in [0.717, 1.165) is 30.2 Å². The lowest BCUT2D eigenvalue weighted by molar-refractivity contribution is -0.384. The zero-order chi connectivity index (χ0) is 20.5. The van der Waals surface area contributed by atoms with E-state index in [0.29, 0.717) is 24.6 Å². The Balaban J connectivity index is 1.91. The monoisotopic (exact) mass is 406 g/mol. The van der Waals surface area contributed by atoms with Crippen molar-refractivity contribution >= 4 is 27.1 Å². The minimum atomic E-state index is -3.74. The number of rotatable bonds is 6. The van der Waals surface area contributed by atoms with E-state index in [1.165, 1.54) is 16.4 Å². The van der Waals surface area contributed by atoms with Crippen LogP contribution in [0.5, 0.6) is 0 Å². The van der Waals surface area contributed by atoms with Crippen LogP contribution >= 0.6 is 0 Å². The van der Waals surface area contributed by atoms with Crippen LogP contribution in [0.3, 0.4) is 0 Å². The number of anilines is 1. The molecule has 1 fully saturated rings. The Hall–Kier alpha value is -2.72. The predicted molar refractivity (Wildman–Crippen MR) is 105 cm³/mol. The van der Waals surface area contributed by atoms with Gasteiger partial charge in [0.15, 0.2) is 0 Å². The van der Waals surface area contributed by atoms with Crippen LogP contribution in [0.25, 0.3) is 0 Å². The lowest BCUT2D eigenvalue weighted by Gasteiger charge is -2.15. The summed E-state index contributed by atoms with van der Waals surface area (Å²) < 4.78 is 32.1. The van der Waals surface area contributed by atoms with Crippen molar-refractivity contribution in [3.8, 4) is 0 Å². The molecule has 150 valence electrons. The van der Waals surface area contributed by atoms with Crippen molar-refractivity contribution < 1.29 is 17.8 Å². The minimum absolute atomic E-state index is 0.0892. The van der Waals surface area contributed by atoms with Crippen molar-refractivity contribution in [2.24, 2.45) is 5.10 Å². The van der Waals surface area contributed by atoms with E-state index in [4.69, 9.17) is 4.42 Å². The number of nitro groups is 1. The summed E-state index contributed by atoms with van der Waals surface area (Å²) in [7, 11) is -3.74. The Morgan fingerprint density at radius 3 is 2.50 bits per heavy atom. The van der Waals surface area contributed by atoms with Crippen LogP contribution in [-0.4, -0.2) is 36.4 Å². The van der Waals surface area contributed by atoms with Crippen LogP contribution in [0.15, 0.2) is 38.7 Å². The molecule has 0 atom stereocenters. The van der Waals surface area contributed by atoms with Crippen LogP contribution in [0.1, 0.15) is 36.8 Å². The maximum absolute atomic E-state index is 12.7. The third-order valence-electron chi connectivity index (χ3n) is 4.64. The molecule has 0 saturated carbocycles. The fourth-order valence-corrected chi connectivity index (χ4v) is 4.73. The summed E-state index contributed by atoms with van der Waals surface area (Å²) in [5.74, 6) is 1.44. The van der Waals surface area contributed by atoms with Crippen molar-refractivity contribution in [3.63, 3.8) is 0 Å². The van der Waals surface area contributed by atoms with E-state index in [2.05, 4.69) is 10.5 Å². The fourth-order valence-electron chi connectivity index (χ4n) is 3.19. The Kier molecular flexibility index (Phi) is 5.52. The number of nitro benzene ring substituents is 1. The molecule has 0 bridgehead atoms. The van der Waals surface area contributed by atoms with Gasteiger partial charge in [-0.25, -0.2) is 8.42 Å². The van der Waals surface area contributed by atoms with Crippen molar-refractivity contribution in [1.82, 2.24) is 4.31 Å². The van der Waals surface area contributed by atoms with Gasteiger partial charge in [-0.3, -0.25) is 15.5 Å². The SMILES string of the molecule is C/C(=N/Nc1ccc(S(=O)(=O)N2CCCC2)cc1[N+](=O)[O-])c1cc(C)oc1C. The molecule has 1 saturated heterocycles. The molecule has 9 nitrogen and oxygen atoms in total. The summed E-state index contributed by atoms with van der Waals surface area (Å²) in [5.41, 5.74) is 3.82. The molecule has 0 spiro atoms. The van der Waals surface area contributed by atoms with Gasteiger partial charge in [-0.05, 0) is 51.8 Å². The van der Waals surface area contributed by atoms with Crippen molar-refractivity contribution in [2.45, 2.75) is 38.5 Å². The average Bonchev–Trinajstić information content (AvgIpc) is 3.29. The summed E-state index contributed by atoms with van der Waals surface area (Å²) in [6.45, 7) is 6.25. The molecule has 10 heteroatoms. The Morgan fingerprint density at radius 1 is 1.25 bits per heavy atom. The van der Waals surface area contributed by atoms with Gasteiger partial charge in [0.25, 0.3) is 5.69 Å². The topological polar surface area (TPSA) is 118 Å². The van der Waals surface area contributed by atoms with Crippen LogP contribution in [0.2, 0.25) is 0 Å². The summed E-state index contributed by atoms with van der Waals surface area (Å²) in [6, 6.07) is 5.64. The van der Waals surface area contributed by atoms with Gasteiger partial charge in [0, 0.05) is 24.7 Å². The number of nitrogens with one attached hydrogen (secondary N) is 1. The maximum atomic E-state index is 12.7. The molecule has 1 N–H and O–H groups in total. The molecule has 1 aliphatic heterocycles. The predicted octanol–water partition coefficient (Wildman–Crippen LogP) is 3.43. The van der Waals surface area contributed by atoms with E-state index < -0.39 is 14.9 Å². The summed E-state index contributed by atoms with van der Waals surface area (Å²) in [4.78, 5) is 10.8. The second kappa shape index (κ2) is 7.72. The standard InChI is InChI=1S/C18H22N4O5S/c1-12-10-16(14(3)27-12)13(2)19-20-17-7-6-15(11-18(17)22(23)24)28(25,26)21-8-4-5-9-21/h6-7,10-11,20H,4-5,8-9H2,1-3H3/b19-13-. The molecule has 28 heavy (non-hydrogen) atoms. The number of sulfonamides is 1. The quantitative estimate of drug-likeness (QED) is 0.446. The van der Waals surface area contributed by atoms with E-state index in [9.17, 15) is 18.5 Å². The van der Waals surface area contributed by atoms with Crippen molar-refractivity contribution in [1.29, 1.82) is 0 Å². The Bertz CT molecular complexity index is 1040. The number of hydrazone groups is 1. The molecule has 0 amide bonds. The lowest BCUT2D eigenvalue weighted by Crippen LogP contribution is -2.27. The Morgan fingerprint density at radius 2 is 1.93 bits per heavy atom. The molecule has 2 heterocycles. The summed E-state index contributed by atoms with van der Waals surface area (Å²) in [6.07, 6.45) is 1.59. The second-order valence-electron chi connectivity index (χ2n) is 6.68. The van der Waals surface area contributed by atoms with Crippen LogP contribution in [0, 0.1) is 24.0 Å². The summed E-state index contributed by atoms with van der Waals surface area (Å²) >= 11 is 0. The molecular formula is C18H22N4O5S. The highest BCUT2D eigenvalue weighted by Crippen LogP contribution is 2.30. The number of nitrogens with zero attached hydrogens (tertiary/aromatic N) is 3. The minimum Gasteiger partial charge on any atom is -0.466 e. The molecule has 0 unspecified atom stereocenters. The normalized spacial score (nSPS) is 15.8. The van der Waals surface area contributed by atoms with E-state index in [1.807, 2.05) is 19.9 Å². The van der Waals surface area contributed by atoms with Crippen LogP contribution < -0.4 is 5.43 Å². The number of hydrogen-bond donors (Lipinski definition) is 1. The number of benzene rings is 1. The Labute approximate surface area is 163 Å². The van der Waals surface area contributed by atoms with E-state index >= 15 is 0 Å². The highest BCUT2D eigenvalue weighted by atomic mass is 32.2. The highest BCUT2D eigenvalue weighted by molar-refractivity contribution is 7.89. The first kappa shape index (κ1) is 20.0. The molecule has 1 aliphatic rings. The average molecular weight is 406 g/mol. The van der Waals surface area contributed by atoms with Crippen LogP contribution in [-0.2, 0) is 10.0 Å². The zero-order valence-corrected chi connectivity index (χ0v) is 16.7. The van der Waals surface area contributed by atoms with Gasteiger partial charge in [0.05, 0.1) is 15.5 Å². The molecular weight excluding hydrogens is 384 g/mol.